The quantitative estimate of drug-likeness (QED) is 0.228. The molecule has 8 heteroatoms. The van der Waals surface area contributed by atoms with Crippen LogP contribution < -0.4 is 10.6 Å². The van der Waals surface area contributed by atoms with Crippen LogP contribution in [0.15, 0.2) is 80.2 Å². The van der Waals surface area contributed by atoms with Gasteiger partial charge in [0.25, 0.3) is 0 Å². The lowest BCUT2D eigenvalue weighted by Gasteiger charge is -2.12. The van der Waals surface area contributed by atoms with Gasteiger partial charge in [-0.2, -0.15) is 0 Å². The van der Waals surface area contributed by atoms with Gasteiger partial charge in [-0.15, -0.1) is 0 Å². The molecule has 0 radical (unpaired) electrons. The number of hydrogen-bond acceptors (Lipinski definition) is 5. The molecule has 0 saturated carbocycles. The first-order chi connectivity index (χ1) is 18.4. The lowest BCUT2D eigenvalue weighted by Crippen LogP contribution is -2.10. The van der Waals surface area contributed by atoms with Crippen LogP contribution >= 0.6 is 0 Å². The number of anilines is 2. The molecule has 4 rings (SSSR count). The molecule has 0 aliphatic heterocycles. The molecule has 0 spiro atoms. The number of nitrogens with one attached hydrogen (secondary N) is 3. The Morgan fingerprint density at radius 2 is 1.87 bits per heavy atom. The largest absolute Gasteiger partial charge is 0.373 e. The van der Waals surface area contributed by atoms with E-state index in [1.54, 1.807) is 62.8 Å². The minimum atomic E-state index is -0.341. The number of rotatable bonds is 9. The van der Waals surface area contributed by atoms with E-state index in [0.717, 1.165) is 22.4 Å². The monoisotopic (exact) mass is 508 g/mol. The van der Waals surface area contributed by atoms with E-state index in [0.29, 0.717) is 46.3 Å². The number of H-pyrrole nitrogens is 1. The Labute approximate surface area is 221 Å². The van der Waals surface area contributed by atoms with Gasteiger partial charge in [0.15, 0.2) is 0 Å². The summed E-state index contributed by atoms with van der Waals surface area (Å²) in [6, 6.07) is 12.2. The Bertz CT molecular complexity index is 1530. The maximum atomic E-state index is 14.6. The summed E-state index contributed by atoms with van der Waals surface area (Å²) >= 11 is 0. The number of carbonyl (C=O) groups is 1. The van der Waals surface area contributed by atoms with Gasteiger partial charge in [0.1, 0.15) is 23.3 Å². The first-order valence-electron chi connectivity index (χ1n) is 12.1. The van der Waals surface area contributed by atoms with Crippen molar-refractivity contribution in [1.82, 2.24) is 19.9 Å². The number of benzene rings is 1. The zero-order valence-electron chi connectivity index (χ0n) is 21.6. The second-order valence-corrected chi connectivity index (χ2v) is 8.54. The standard InChI is InChI=1S/C30H29FN6O/c1-6-10-23(22-11-8-9-12-25(22)31)28-19(4)35-29(37-28)18(3)24-15-21(17-34-30(24)32-5)20-13-14-26(33-16-20)36-27(38)7-2/h6,8-17H,1,3,7H2,2,4-5H3,(H,32,34)(H,35,37)(H,33,36,38)/b23-10-. The van der Waals surface area contributed by atoms with Crippen LogP contribution in [0.1, 0.15) is 41.7 Å². The van der Waals surface area contributed by atoms with E-state index < -0.39 is 0 Å². The Balaban J connectivity index is 1.70. The third-order valence-electron chi connectivity index (χ3n) is 6.01. The smallest absolute Gasteiger partial charge is 0.225 e. The van der Waals surface area contributed by atoms with Crippen LogP contribution in [0.4, 0.5) is 16.0 Å². The van der Waals surface area contributed by atoms with E-state index in [1.165, 1.54) is 6.07 Å². The van der Waals surface area contributed by atoms with Crippen molar-refractivity contribution in [3.63, 3.8) is 0 Å². The molecule has 0 bridgehead atoms. The van der Waals surface area contributed by atoms with Crippen LogP contribution in [-0.4, -0.2) is 32.9 Å². The Morgan fingerprint density at radius 3 is 2.53 bits per heavy atom. The molecule has 0 aliphatic rings. The van der Waals surface area contributed by atoms with Crippen molar-refractivity contribution in [1.29, 1.82) is 0 Å². The zero-order valence-corrected chi connectivity index (χ0v) is 21.6. The van der Waals surface area contributed by atoms with Crippen LogP contribution in [0.3, 0.4) is 0 Å². The van der Waals surface area contributed by atoms with Crippen molar-refractivity contribution in [3.05, 3.63) is 114 Å². The molecule has 3 heterocycles. The Kier molecular flexibility index (Phi) is 7.91. The molecule has 7 nitrogen and oxygen atoms in total. The van der Waals surface area contributed by atoms with Gasteiger partial charge < -0.3 is 15.6 Å². The van der Waals surface area contributed by atoms with Crippen LogP contribution in [-0.2, 0) is 4.79 Å². The summed E-state index contributed by atoms with van der Waals surface area (Å²) in [7, 11) is 1.79. The summed E-state index contributed by atoms with van der Waals surface area (Å²) in [5.74, 6) is 1.21. The van der Waals surface area contributed by atoms with Crippen molar-refractivity contribution in [3.8, 4) is 11.1 Å². The third-order valence-corrected chi connectivity index (χ3v) is 6.01. The molecule has 192 valence electrons. The summed E-state index contributed by atoms with van der Waals surface area (Å²) in [5, 5.41) is 5.85. The predicted octanol–water partition coefficient (Wildman–Crippen LogP) is 6.38. The van der Waals surface area contributed by atoms with Crippen LogP contribution in [0.5, 0.6) is 0 Å². The molecule has 0 fully saturated rings. The highest BCUT2D eigenvalue weighted by Crippen LogP contribution is 2.33. The summed E-state index contributed by atoms with van der Waals surface area (Å²) in [6.45, 7) is 11.8. The SMILES string of the molecule is C=C/C=C(/c1ccccc1F)c1nc(C(=C)c2cc(-c3ccc(NC(=O)CC)nc3)cnc2NC)[nH]c1C. The summed E-state index contributed by atoms with van der Waals surface area (Å²) in [5.41, 5.74) is 5.44. The first kappa shape index (κ1) is 26.2. The number of imidazole rings is 1. The fourth-order valence-corrected chi connectivity index (χ4v) is 4.01. The van der Waals surface area contributed by atoms with Crippen molar-refractivity contribution in [2.45, 2.75) is 20.3 Å². The van der Waals surface area contributed by atoms with Crippen molar-refractivity contribution in [2.24, 2.45) is 0 Å². The number of amides is 1. The van der Waals surface area contributed by atoms with Crippen LogP contribution in [0, 0.1) is 12.7 Å². The lowest BCUT2D eigenvalue weighted by molar-refractivity contribution is -0.115. The van der Waals surface area contributed by atoms with Crippen LogP contribution in [0.2, 0.25) is 0 Å². The fourth-order valence-electron chi connectivity index (χ4n) is 4.01. The molecular weight excluding hydrogens is 479 g/mol. The molecule has 3 aromatic heterocycles. The highest BCUT2D eigenvalue weighted by atomic mass is 19.1. The minimum Gasteiger partial charge on any atom is -0.373 e. The molecule has 3 N–H and O–H groups in total. The Hall–Kier alpha value is -4.85. The van der Waals surface area contributed by atoms with E-state index in [-0.39, 0.29) is 11.7 Å². The Morgan fingerprint density at radius 1 is 1.11 bits per heavy atom. The van der Waals surface area contributed by atoms with Gasteiger partial charge in [-0.3, -0.25) is 4.79 Å². The molecule has 0 unspecified atom stereocenters. The van der Waals surface area contributed by atoms with E-state index in [4.69, 9.17) is 4.98 Å². The summed E-state index contributed by atoms with van der Waals surface area (Å²) in [6.07, 6.45) is 7.16. The third kappa shape index (κ3) is 5.44. The molecule has 38 heavy (non-hydrogen) atoms. The maximum absolute atomic E-state index is 14.6. The van der Waals surface area contributed by atoms with Gasteiger partial charge in [0, 0.05) is 65.0 Å². The fraction of sp³-hybridized carbons (Fsp3) is 0.133. The van der Waals surface area contributed by atoms with Crippen LogP contribution in [0.25, 0.3) is 22.3 Å². The number of pyridine rings is 2. The highest BCUT2D eigenvalue weighted by Gasteiger charge is 2.19. The number of aryl methyl sites for hydroxylation is 1. The molecule has 0 aliphatic carbocycles. The summed E-state index contributed by atoms with van der Waals surface area (Å²) < 4.78 is 14.6. The number of aromatic amines is 1. The van der Waals surface area contributed by atoms with Gasteiger partial charge >= 0.3 is 0 Å². The van der Waals surface area contributed by atoms with Gasteiger partial charge in [-0.05, 0) is 31.2 Å². The molecule has 1 aromatic carbocycles. The number of nitrogens with zero attached hydrogens (tertiary/aromatic N) is 3. The average Bonchev–Trinajstić information content (AvgIpc) is 3.32. The lowest BCUT2D eigenvalue weighted by atomic mass is 10.0. The van der Waals surface area contributed by atoms with E-state index in [1.807, 2.05) is 19.1 Å². The number of hydrogen-bond donors (Lipinski definition) is 3. The zero-order chi connectivity index (χ0) is 27.2. The summed E-state index contributed by atoms with van der Waals surface area (Å²) in [4.78, 5) is 28.7. The van der Waals surface area contributed by atoms with E-state index in [2.05, 4.69) is 38.7 Å². The van der Waals surface area contributed by atoms with Gasteiger partial charge in [-0.1, -0.05) is 50.4 Å². The van der Waals surface area contributed by atoms with E-state index in [9.17, 15) is 9.18 Å². The van der Waals surface area contributed by atoms with Gasteiger partial charge in [0.2, 0.25) is 5.91 Å². The van der Waals surface area contributed by atoms with Crippen molar-refractivity contribution < 1.29 is 9.18 Å². The van der Waals surface area contributed by atoms with Crippen molar-refractivity contribution >= 4 is 28.7 Å². The maximum Gasteiger partial charge on any atom is 0.225 e. The van der Waals surface area contributed by atoms with Gasteiger partial charge in [0.05, 0.1) is 5.69 Å². The molecule has 0 atom stereocenters. The normalized spacial score (nSPS) is 11.2. The average molecular weight is 509 g/mol. The second kappa shape index (κ2) is 11.5. The highest BCUT2D eigenvalue weighted by molar-refractivity contribution is 5.90. The number of aromatic nitrogens is 4. The predicted molar refractivity (Wildman–Crippen MR) is 151 cm³/mol. The first-order valence-corrected chi connectivity index (χ1v) is 12.1. The second-order valence-electron chi connectivity index (χ2n) is 8.54. The molecule has 4 aromatic rings. The minimum absolute atomic E-state index is 0.0990. The molecular formula is C30H29FN6O. The number of allylic oxidation sites excluding steroid dienone is 2. The van der Waals surface area contributed by atoms with Gasteiger partial charge in [-0.25, -0.2) is 19.3 Å². The molecule has 0 saturated heterocycles. The van der Waals surface area contributed by atoms with Crippen molar-refractivity contribution in [2.75, 3.05) is 17.7 Å². The van der Waals surface area contributed by atoms with E-state index >= 15 is 0 Å². The number of halogens is 1. The topological polar surface area (TPSA) is 95.6 Å². The number of carbonyl (C=O) groups excluding carboxylic acids is 1. The molecule has 1 amide bonds.